The highest BCUT2D eigenvalue weighted by molar-refractivity contribution is 5.99. The fourth-order valence-corrected chi connectivity index (χ4v) is 2.80. The summed E-state index contributed by atoms with van der Waals surface area (Å²) in [7, 11) is 0. The summed E-state index contributed by atoms with van der Waals surface area (Å²) in [6, 6.07) is 7.96. The maximum absolute atomic E-state index is 12.3. The zero-order valence-electron chi connectivity index (χ0n) is 11.0. The van der Waals surface area contributed by atoms with Crippen LogP contribution in [-0.2, 0) is 13.0 Å². The summed E-state index contributed by atoms with van der Waals surface area (Å²) in [5.74, 6) is -0.106. The molecular formula is C15H18N2O2. The Morgan fingerprint density at radius 2 is 2.37 bits per heavy atom. The summed E-state index contributed by atoms with van der Waals surface area (Å²) in [5, 5.41) is 13.0. The number of aryl methyl sites for hydroxylation is 2. The van der Waals surface area contributed by atoms with Gasteiger partial charge in [-0.25, -0.2) is 0 Å². The van der Waals surface area contributed by atoms with Crippen molar-refractivity contribution < 1.29 is 9.90 Å². The molecule has 2 heterocycles. The van der Waals surface area contributed by atoms with Crippen LogP contribution in [0.3, 0.4) is 0 Å². The second-order valence-corrected chi connectivity index (χ2v) is 5.20. The molecule has 0 saturated heterocycles. The zero-order valence-corrected chi connectivity index (χ0v) is 11.0. The molecule has 4 nitrogen and oxygen atoms in total. The summed E-state index contributed by atoms with van der Waals surface area (Å²) in [6.07, 6.45) is 2.14. The molecule has 0 saturated carbocycles. The van der Waals surface area contributed by atoms with Gasteiger partial charge in [-0.2, -0.15) is 0 Å². The van der Waals surface area contributed by atoms with Crippen molar-refractivity contribution in [2.45, 2.75) is 32.4 Å². The highest BCUT2D eigenvalue weighted by Gasteiger charge is 2.20. The van der Waals surface area contributed by atoms with E-state index in [1.165, 1.54) is 11.1 Å². The molecule has 1 unspecified atom stereocenters. The molecule has 0 fully saturated rings. The molecule has 0 bridgehead atoms. The number of benzene rings is 1. The molecule has 1 aromatic carbocycles. The number of hydrogen-bond acceptors (Lipinski definition) is 2. The van der Waals surface area contributed by atoms with Crippen LogP contribution in [0.1, 0.15) is 29.4 Å². The lowest BCUT2D eigenvalue weighted by Gasteiger charge is -2.18. The van der Waals surface area contributed by atoms with Crippen LogP contribution in [0, 0.1) is 0 Å². The summed E-state index contributed by atoms with van der Waals surface area (Å²) in [5.41, 5.74) is 3.20. The molecule has 1 aromatic heterocycles. The van der Waals surface area contributed by atoms with E-state index in [9.17, 15) is 4.79 Å². The minimum absolute atomic E-state index is 0.0444. The van der Waals surface area contributed by atoms with Gasteiger partial charge in [0.15, 0.2) is 0 Å². The minimum Gasteiger partial charge on any atom is -0.394 e. The van der Waals surface area contributed by atoms with Crippen LogP contribution >= 0.6 is 0 Å². The molecule has 1 atom stereocenters. The lowest BCUT2D eigenvalue weighted by atomic mass is 10.0. The zero-order chi connectivity index (χ0) is 13.4. The van der Waals surface area contributed by atoms with Gasteiger partial charge in [-0.3, -0.25) is 4.79 Å². The van der Waals surface area contributed by atoms with Crippen LogP contribution in [0.25, 0.3) is 10.9 Å². The van der Waals surface area contributed by atoms with Crippen molar-refractivity contribution in [2.24, 2.45) is 0 Å². The number of aliphatic hydroxyl groups excluding tert-OH is 1. The van der Waals surface area contributed by atoms with Gasteiger partial charge in [-0.05, 0) is 31.4 Å². The van der Waals surface area contributed by atoms with Gasteiger partial charge in [0.1, 0.15) is 5.69 Å². The SMILES string of the molecule is CC(CO)NC(=O)c1cc2cccc3c2n1CCC3. The second kappa shape index (κ2) is 4.70. The molecule has 0 radical (unpaired) electrons. The van der Waals surface area contributed by atoms with E-state index in [1.807, 2.05) is 18.2 Å². The van der Waals surface area contributed by atoms with Gasteiger partial charge in [0.25, 0.3) is 5.91 Å². The number of carbonyl (C=O) groups is 1. The van der Waals surface area contributed by atoms with Crippen molar-refractivity contribution in [1.29, 1.82) is 0 Å². The first-order chi connectivity index (χ1) is 9.20. The Hall–Kier alpha value is -1.81. The van der Waals surface area contributed by atoms with E-state index in [0.29, 0.717) is 5.69 Å². The van der Waals surface area contributed by atoms with Crippen molar-refractivity contribution in [2.75, 3.05) is 6.61 Å². The summed E-state index contributed by atoms with van der Waals surface area (Å²) in [6.45, 7) is 2.64. The number of para-hydroxylation sites is 1. The van der Waals surface area contributed by atoms with Crippen LogP contribution < -0.4 is 5.32 Å². The topological polar surface area (TPSA) is 54.3 Å². The average Bonchev–Trinajstić information content (AvgIpc) is 2.80. The number of rotatable bonds is 3. The molecule has 100 valence electrons. The molecule has 1 aliphatic rings. The molecular weight excluding hydrogens is 240 g/mol. The van der Waals surface area contributed by atoms with Crippen LogP contribution in [0.15, 0.2) is 24.3 Å². The molecule has 3 rings (SSSR count). The van der Waals surface area contributed by atoms with E-state index >= 15 is 0 Å². The number of nitrogens with one attached hydrogen (secondary N) is 1. The van der Waals surface area contributed by atoms with E-state index in [-0.39, 0.29) is 18.6 Å². The Morgan fingerprint density at radius 3 is 3.16 bits per heavy atom. The Kier molecular flexibility index (Phi) is 3.03. The minimum atomic E-state index is -0.221. The van der Waals surface area contributed by atoms with Gasteiger partial charge in [0.05, 0.1) is 12.1 Å². The highest BCUT2D eigenvalue weighted by Crippen LogP contribution is 2.28. The average molecular weight is 258 g/mol. The molecule has 2 aromatic rings. The normalized spacial score (nSPS) is 15.5. The first kappa shape index (κ1) is 12.2. The smallest absolute Gasteiger partial charge is 0.268 e. The standard InChI is InChI=1S/C15H18N2O2/c1-10(9-18)16-15(19)13-8-12-5-2-4-11-6-3-7-17(13)14(11)12/h2,4-5,8,10,18H,3,6-7,9H2,1H3,(H,16,19). The fraction of sp³-hybridized carbons (Fsp3) is 0.400. The van der Waals surface area contributed by atoms with E-state index in [1.54, 1.807) is 6.92 Å². The predicted molar refractivity (Wildman–Crippen MR) is 74.3 cm³/mol. The van der Waals surface area contributed by atoms with Crippen LogP contribution in [0.4, 0.5) is 0 Å². The number of amides is 1. The predicted octanol–water partition coefficient (Wildman–Crippen LogP) is 1.70. The van der Waals surface area contributed by atoms with Gasteiger partial charge in [0.2, 0.25) is 0 Å². The Bertz CT molecular complexity index is 630. The molecule has 0 aliphatic carbocycles. The van der Waals surface area contributed by atoms with E-state index in [4.69, 9.17) is 5.11 Å². The monoisotopic (exact) mass is 258 g/mol. The van der Waals surface area contributed by atoms with Gasteiger partial charge >= 0.3 is 0 Å². The fourth-order valence-electron chi connectivity index (χ4n) is 2.80. The number of nitrogens with zero attached hydrogens (tertiary/aromatic N) is 1. The first-order valence-corrected chi connectivity index (χ1v) is 6.73. The van der Waals surface area contributed by atoms with Crippen molar-refractivity contribution in [3.8, 4) is 0 Å². The van der Waals surface area contributed by atoms with Gasteiger partial charge in [-0.15, -0.1) is 0 Å². The van der Waals surface area contributed by atoms with Crippen LogP contribution in [-0.4, -0.2) is 28.2 Å². The summed E-state index contributed by atoms with van der Waals surface area (Å²) in [4.78, 5) is 12.3. The molecule has 19 heavy (non-hydrogen) atoms. The number of hydrogen-bond donors (Lipinski definition) is 2. The quantitative estimate of drug-likeness (QED) is 0.880. The van der Waals surface area contributed by atoms with E-state index < -0.39 is 0 Å². The third-order valence-corrected chi connectivity index (χ3v) is 3.72. The number of aliphatic hydroxyl groups is 1. The lowest BCUT2D eigenvalue weighted by molar-refractivity contribution is 0.0913. The molecule has 1 amide bonds. The molecule has 0 spiro atoms. The largest absolute Gasteiger partial charge is 0.394 e. The van der Waals surface area contributed by atoms with Crippen molar-refractivity contribution in [3.05, 3.63) is 35.5 Å². The Balaban J connectivity index is 2.06. The van der Waals surface area contributed by atoms with Gasteiger partial charge in [-0.1, -0.05) is 18.2 Å². The van der Waals surface area contributed by atoms with Crippen molar-refractivity contribution in [1.82, 2.24) is 9.88 Å². The first-order valence-electron chi connectivity index (χ1n) is 6.73. The third kappa shape index (κ3) is 2.02. The Labute approximate surface area is 112 Å². The second-order valence-electron chi connectivity index (χ2n) is 5.20. The summed E-state index contributed by atoms with van der Waals surface area (Å²) < 4.78 is 2.10. The third-order valence-electron chi connectivity index (χ3n) is 3.72. The molecule has 1 aliphatic heterocycles. The number of carbonyl (C=O) groups excluding carboxylic acids is 1. The van der Waals surface area contributed by atoms with Crippen LogP contribution in [0.2, 0.25) is 0 Å². The summed E-state index contributed by atoms with van der Waals surface area (Å²) >= 11 is 0. The van der Waals surface area contributed by atoms with Gasteiger partial charge < -0.3 is 15.0 Å². The lowest BCUT2D eigenvalue weighted by Crippen LogP contribution is -2.36. The molecule has 4 heteroatoms. The van der Waals surface area contributed by atoms with Gasteiger partial charge in [0, 0.05) is 18.0 Å². The Morgan fingerprint density at radius 1 is 1.53 bits per heavy atom. The molecule has 2 N–H and O–H groups in total. The maximum atomic E-state index is 12.3. The van der Waals surface area contributed by atoms with Crippen LogP contribution in [0.5, 0.6) is 0 Å². The van der Waals surface area contributed by atoms with Crippen molar-refractivity contribution in [3.63, 3.8) is 0 Å². The number of aromatic nitrogens is 1. The van der Waals surface area contributed by atoms with Crippen molar-refractivity contribution >= 4 is 16.8 Å². The van der Waals surface area contributed by atoms with E-state index in [0.717, 1.165) is 24.8 Å². The maximum Gasteiger partial charge on any atom is 0.268 e. The van der Waals surface area contributed by atoms with E-state index in [2.05, 4.69) is 16.0 Å². The highest BCUT2D eigenvalue weighted by atomic mass is 16.3.